The molecule has 0 radical (unpaired) electrons. The molecule has 0 aliphatic carbocycles. The molecule has 3 rings (SSSR count). The lowest BCUT2D eigenvalue weighted by atomic mass is 10.2. The first-order valence-corrected chi connectivity index (χ1v) is 6.48. The number of nitrogens with zero attached hydrogens (tertiary/aromatic N) is 3. The third kappa shape index (κ3) is 2.60. The molecular formula is C12H12BrN3O2. The summed E-state index contributed by atoms with van der Waals surface area (Å²) in [5, 5.41) is 8.15. The Balaban J connectivity index is 1.73. The van der Waals surface area contributed by atoms with Crippen molar-refractivity contribution < 1.29 is 9.47 Å². The van der Waals surface area contributed by atoms with Gasteiger partial charge >= 0.3 is 0 Å². The summed E-state index contributed by atoms with van der Waals surface area (Å²) >= 11 is 3.45. The monoisotopic (exact) mass is 309 g/mol. The summed E-state index contributed by atoms with van der Waals surface area (Å²) in [7, 11) is 0. The van der Waals surface area contributed by atoms with Gasteiger partial charge in [-0.3, -0.25) is 0 Å². The summed E-state index contributed by atoms with van der Waals surface area (Å²) < 4.78 is 13.6. The number of ether oxygens (including phenoxy) is 2. The molecule has 0 spiro atoms. The van der Waals surface area contributed by atoms with Gasteiger partial charge in [-0.05, 0) is 17.7 Å². The van der Waals surface area contributed by atoms with Crippen molar-refractivity contribution in [2.24, 2.45) is 0 Å². The highest BCUT2D eigenvalue weighted by atomic mass is 79.9. The molecule has 1 saturated heterocycles. The Kier molecular flexibility index (Phi) is 3.40. The van der Waals surface area contributed by atoms with Gasteiger partial charge in [0.15, 0.2) is 0 Å². The molecule has 1 aliphatic heterocycles. The van der Waals surface area contributed by atoms with Gasteiger partial charge in [-0.1, -0.05) is 33.3 Å². The van der Waals surface area contributed by atoms with Gasteiger partial charge in [-0.2, -0.15) is 0 Å². The predicted molar refractivity (Wildman–Crippen MR) is 67.9 cm³/mol. The van der Waals surface area contributed by atoms with Crippen LogP contribution in [0.3, 0.4) is 0 Å². The van der Waals surface area contributed by atoms with Gasteiger partial charge in [0.05, 0.1) is 26.0 Å². The maximum Gasteiger partial charge on any atom is 0.204 e. The molecule has 0 bridgehead atoms. The van der Waals surface area contributed by atoms with Crippen LogP contribution in [0.2, 0.25) is 0 Å². The Bertz CT molecular complexity index is 538. The number of benzene rings is 1. The summed E-state index contributed by atoms with van der Waals surface area (Å²) in [6.45, 7) is 1.91. The average Bonchev–Trinajstić information content (AvgIpc) is 2.98. The molecule has 0 unspecified atom stereocenters. The van der Waals surface area contributed by atoms with Gasteiger partial charge in [-0.25, -0.2) is 4.68 Å². The Hall–Kier alpha value is -1.24. The van der Waals surface area contributed by atoms with Crippen LogP contribution in [0.25, 0.3) is 0 Å². The first kappa shape index (κ1) is 11.8. The smallest absolute Gasteiger partial charge is 0.204 e. The molecule has 0 amide bonds. The molecule has 0 saturated carbocycles. The molecule has 1 fully saturated rings. The highest BCUT2D eigenvalue weighted by Gasteiger charge is 2.21. The average molecular weight is 310 g/mol. The molecule has 0 atom stereocenters. The minimum absolute atomic E-state index is 0.360. The number of aromatic nitrogens is 3. The van der Waals surface area contributed by atoms with Crippen LogP contribution in [0.1, 0.15) is 17.5 Å². The van der Waals surface area contributed by atoms with E-state index in [9.17, 15) is 0 Å². The summed E-state index contributed by atoms with van der Waals surface area (Å²) in [6, 6.07) is 8.11. The SMILES string of the molecule is Brc1cccc(Cn2cc(C3OCCO3)nn2)c1. The fourth-order valence-corrected chi connectivity index (χ4v) is 2.30. The van der Waals surface area contributed by atoms with Gasteiger partial charge in [0.1, 0.15) is 5.69 Å². The number of halogens is 1. The summed E-state index contributed by atoms with van der Waals surface area (Å²) in [5.74, 6) is 0. The summed E-state index contributed by atoms with van der Waals surface area (Å²) in [5.41, 5.74) is 1.89. The summed E-state index contributed by atoms with van der Waals surface area (Å²) in [6.07, 6.45) is 1.50. The lowest BCUT2D eigenvalue weighted by Crippen LogP contribution is -2.00. The highest BCUT2D eigenvalue weighted by Crippen LogP contribution is 2.20. The van der Waals surface area contributed by atoms with Crippen molar-refractivity contribution in [1.29, 1.82) is 0 Å². The fraction of sp³-hybridized carbons (Fsp3) is 0.333. The van der Waals surface area contributed by atoms with E-state index < -0.39 is 0 Å². The zero-order valence-corrected chi connectivity index (χ0v) is 11.2. The normalized spacial score (nSPS) is 16.3. The Morgan fingerprint density at radius 3 is 2.94 bits per heavy atom. The molecule has 94 valence electrons. The van der Waals surface area contributed by atoms with Crippen LogP contribution >= 0.6 is 15.9 Å². The zero-order valence-electron chi connectivity index (χ0n) is 9.62. The van der Waals surface area contributed by atoms with Crippen LogP contribution in [0.4, 0.5) is 0 Å². The first-order valence-electron chi connectivity index (χ1n) is 5.69. The molecule has 1 aromatic carbocycles. The minimum Gasteiger partial charge on any atom is -0.345 e. The van der Waals surface area contributed by atoms with Crippen molar-refractivity contribution in [3.05, 3.63) is 46.2 Å². The molecule has 6 heteroatoms. The van der Waals surface area contributed by atoms with E-state index in [-0.39, 0.29) is 6.29 Å². The molecule has 5 nitrogen and oxygen atoms in total. The molecule has 18 heavy (non-hydrogen) atoms. The van der Waals surface area contributed by atoms with Gasteiger partial charge < -0.3 is 9.47 Å². The Labute approximate surface area is 113 Å². The quantitative estimate of drug-likeness (QED) is 0.871. The Morgan fingerprint density at radius 1 is 1.33 bits per heavy atom. The predicted octanol–water partition coefficient (Wildman–Crippen LogP) is 2.13. The second kappa shape index (κ2) is 5.17. The maximum absolute atomic E-state index is 5.38. The van der Waals surface area contributed by atoms with E-state index in [1.807, 2.05) is 18.3 Å². The van der Waals surface area contributed by atoms with Crippen LogP contribution in [0.5, 0.6) is 0 Å². The molecule has 2 heterocycles. The number of rotatable bonds is 3. The van der Waals surface area contributed by atoms with Gasteiger partial charge in [-0.15, -0.1) is 5.10 Å². The molecule has 0 N–H and O–H groups in total. The standard InChI is InChI=1S/C12H12BrN3O2/c13-10-3-1-2-9(6-10)7-16-8-11(14-15-16)12-17-4-5-18-12/h1-3,6,8,12H,4-5,7H2. The summed E-state index contributed by atoms with van der Waals surface area (Å²) in [4.78, 5) is 0. The van der Waals surface area contributed by atoms with Crippen molar-refractivity contribution in [1.82, 2.24) is 15.0 Å². The Morgan fingerprint density at radius 2 is 2.17 bits per heavy atom. The van der Waals surface area contributed by atoms with E-state index in [0.29, 0.717) is 19.8 Å². The van der Waals surface area contributed by atoms with Crippen LogP contribution in [-0.4, -0.2) is 28.2 Å². The number of hydrogen-bond donors (Lipinski definition) is 0. The van der Waals surface area contributed by atoms with Gasteiger partial charge in [0, 0.05) is 4.47 Å². The third-order valence-corrected chi connectivity index (χ3v) is 3.15. The van der Waals surface area contributed by atoms with E-state index >= 15 is 0 Å². The second-order valence-electron chi connectivity index (χ2n) is 4.04. The van der Waals surface area contributed by atoms with Crippen molar-refractivity contribution in [2.45, 2.75) is 12.8 Å². The van der Waals surface area contributed by atoms with E-state index in [2.05, 4.69) is 38.4 Å². The van der Waals surface area contributed by atoms with Gasteiger partial charge in [0.25, 0.3) is 0 Å². The van der Waals surface area contributed by atoms with Crippen LogP contribution in [0.15, 0.2) is 34.9 Å². The van der Waals surface area contributed by atoms with Gasteiger partial charge in [0.2, 0.25) is 6.29 Å². The van der Waals surface area contributed by atoms with Crippen LogP contribution in [-0.2, 0) is 16.0 Å². The lowest BCUT2D eigenvalue weighted by molar-refractivity contribution is -0.0473. The molecular weight excluding hydrogens is 298 g/mol. The van der Waals surface area contributed by atoms with E-state index in [4.69, 9.17) is 9.47 Å². The molecule has 1 aliphatic rings. The maximum atomic E-state index is 5.38. The lowest BCUT2D eigenvalue weighted by Gasteiger charge is -2.03. The number of hydrogen-bond acceptors (Lipinski definition) is 4. The molecule has 2 aromatic rings. The van der Waals surface area contributed by atoms with E-state index in [1.165, 1.54) is 0 Å². The fourth-order valence-electron chi connectivity index (χ4n) is 1.85. The highest BCUT2D eigenvalue weighted by molar-refractivity contribution is 9.10. The van der Waals surface area contributed by atoms with Crippen molar-refractivity contribution >= 4 is 15.9 Å². The second-order valence-corrected chi connectivity index (χ2v) is 4.96. The topological polar surface area (TPSA) is 49.2 Å². The van der Waals surface area contributed by atoms with Crippen molar-refractivity contribution in [2.75, 3.05) is 13.2 Å². The van der Waals surface area contributed by atoms with E-state index in [1.54, 1.807) is 4.68 Å². The third-order valence-electron chi connectivity index (χ3n) is 2.65. The van der Waals surface area contributed by atoms with Crippen molar-refractivity contribution in [3.8, 4) is 0 Å². The molecule has 1 aromatic heterocycles. The van der Waals surface area contributed by atoms with Crippen LogP contribution in [0, 0.1) is 0 Å². The minimum atomic E-state index is -0.360. The van der Waals surface area contributed by atoms with E-state index in [0.717, 1.165) is 15.7 Å². The zero-order chi connectivity index (χ0) is 12.4. The largest absolute Gasteiger partial charge is 0.345 e. The first-order chi connectivity index (χ1) is 8.81. The van der Waals surface area contributed by atoms with Crippen molar-refractivity contribution in [3.63, 3.8) is 0 Å². The van der Waals surface area contributed by atoms with Crippen LogP contribution < -0.4 is 0 Å².